The van der Waals surface area contributed by atoms with Crippen LogP contribution in [-0.4, -0.2) is 50.4 Å². The maximum Gasteiger partial charge on any atom is 0.286 e. The highest BCUT2D eigenvalue weighted by molar-refractivity contribution is 7.92. The molecule has 5 atom stereocenters. The third kappa shape index (κ3) is 3.90. The Morgan fingerprint density at radius 1 is 1.02 bits per heavy atom. The van der Waals surface area contributed by atoms with Crippen molar-refractivity contribution in [3.63, 3.8) is 0 Å². The summed E-state index contributed by atoms with van der Waals surface area (Å²) in [7, 11) is -7.67. The lowest BCUT2D eigenvalue weighted by Crippen LogP contribution is -2.53. The van der Waals surface area contributed by atoms with Crippen molar-refractivity contribution in [3.8, 4) is 0 Å². The van der Waals surface area contributed by atoms with E-state index in [1.807, 2.05) is 0 Å². The first-order chi connectivity index (χ1) is 19.0. The van der Waals surface area contributed by atoms with Gasteiger partial charge in [-0.3, -0.25) is 4.79 Å². The molecule has 0 aromatic heterocycles. The van der Waals surface area contributed by atoms with Crippen molar-refractivity contribution in [2.24, 2.45) is 22.2 Å². The number of aliphatic hydroxyl groups excluding tert-OH is 1. The van der Waals surface area contributed by atoms with Gasteiger partial charge in [-0.2, -0.15) is 8.42 Å². The second kappa shape index (κ2) is 8.87. The number of benzene rings is 2. The van der Waals surface area contributed by atoms with Crippen LogP contribution in [0.1, 0.15) is 48.5 Å². The van der Waals surface area contributed by atoms with Crippen LogP contribution in [0.2, 0.25) is 0 Å². The highest BCUT2D eigenvalue weighted by Gasteiger charge is 2.57. The monoisotopic (exact) mass is 585 g/mol. The first kappa shape index (κ1) is 25.7. The second-order valence-corrected chi connectivity index (χ2v) is 15.3. The third-order valence-corrected chi connectivity index (χ3v) is 12.8. The van der Waals surface area contributed by atoms with Crippen LogP contribution >= 0.6 is 0 Å². The van der Waals surface area contributed by atoms with E-state index < -0.39 is 31.0 Å². The molecule has 3 fully saturated rings. The van der Waals surface area contributed by atoms with Crippen LogP contribution in [0.25, 0.3) is 0 Å². The van der Waals surface area contributed by atoms with Crippen molar-refractivity contribution in [1.82, 2.24) is 4.90 Å². The Balaban J connectivity index is 1.28. The molecular formula is C28H28FN3O6S2. The number of halogens is 1. The van der Waals surface area contributed by atoms with Crippen molar-refractivity contribution in [2.45, 2.75) is 54.8 Å². The number of hydrogen-bond donors (Lipinski definition) is 2. The number of sulfonamides is 1. The summed E-state index contributed by atoms with van der Waals surface area (Å²) in [6.45, 7) is 0.191. The zero-order chi connectivity index (χ0) is 28.0. The lowest BCUT2D eigenvalue weighted by Gasteiger charge is -2.44. The van der Waals surface area contributed by atoms with Gasteiger partial charge in [-0.1, -0.05) is 18.2 Å². The number of anilines is 1. The molecule has 9 nitrogen and oxygen atoms in total. The molecule has 3 heterocycles. The fourth-order valence-corrected chi connectivity index (χ4v) is 10.6. The van der Waals surface area contributed by atoms with Gasteiger partial charge in [0.2, 0.25) is 0 Å². The minimum Gasteiger partial charge on any atom is -0.511 e. The predicted molar refractivity (Wildman–Crippen MR) is 145 cm³/mol. The normalized spacial score (nSPS) is 31.5. The number of aliphatic hydroxyl groups is 1. The van der Waals surface area contributed by atoms with Crippen LogP contribution in [0.4, 0.5) is 10.1 Å². The molecule has 7 rings (SSSR count). The minimum absolute atomic E-state index is 0.0655. The molecule has 2 aromatic rings. The third-order valence-electron chi connectivity index (χ3n) is 9.23. The summed E-state index contributed by atoms with van der Waals surface area (Å²) in [6, 6.07) is 10.1. The Morgan fingerprint density at radius 2 is 1.77 bits per heavy atom. The summed E-state index contributed by atoms with van der Waals surface area (Å²) in [4.78, 5) is 15.5. The topological polar surface area (TPSA) is 133 Å². The molecular weight excluding hydrogens is 557 g/mol. The number of fused-ring (bicyclic) bond motifs is 6. The smallest absolute Gasteiger partial charge is 0.286 e. The molecule has 40 heavy (non-hydrogen) atoms. The predicted octanol–water partition coefficient (Wildman–Crippen LogP) is 3.86. The Hall–Kier alpha value is -3.25. The van der Waals surface area contributed by atoms with E-state index in [2.05, 4.69) is 9.71 Å². The van der Waals surface area contributed by atoms with Gasteiger partial charge in [-0.05, 0) is 79.3 Å². The number of sulfone groups is 1. The number of carbonyl (C=O) groups is 1. The number of amidine groups is 1. The highest BCUT2D eigenvalue weighted by atomic mass is 32.2. The van der Waals surface area contributed by atoms with Crippen molar-refractivity contribution < 1.29 is 31.1 Å². The average molecular weight is 586 g/mol. The van der Waals surface area contributed by atoms with Crippen molar-refractivity contribution in [1.29, 1.82) is 0 Å². The fraction of sp³-hybridized carbons (Fsp3) is 0.429. The number of nitrogens with one attached hydrogen (secondary N) is 1. The zero-order valence-corrected chi connectivity index (χ0v) is 23.1. The van der Waals surface area contributed by atoms with E-state index in [9.17, 15) is 31.1 Å². The van der Waals surface area contributed by atoms with Gasteiger partial charge >= 0.3 is 0 Å². The summed E-state index contributed by atoms with van der Waals surface area (Å²) < 4.78 is 69.2. The quantitative estimate of drug-likeness (QED) is 0.557. The van der Waals surface area contributed by atoms with Crippen molar-refractivity contribution in [2.75, 3.05) is 11.1 Å². The lowest BCUT2D eigenvalue weighted by molar-refractivity contribution is -0.134. The van der Waals surface area contributed by atoms with Crippen molar-refractivity contribution in [3.05, 3.63) is 70.7 Å². The number of carbonyl (C=O) groups excluding carboxylic acids is 1. The highest BCUT2D eigenvalue weighted by Crippen LogP contribution is 2.55. The van der Waals surface area contributed by atoms with Gasteiger partial charge in [0, 0.05) is 18.5 Å². The SMILES string of the molecule is O=C1C(C2=NS(=O)(=O)c3cc(C4CCCS4(=O)=O)ccc3N2)=C(O)[C@@H]2[C@H]3CC[C@@H](C3)[C@@H]2N1Cc1ccc(F)cc1. The molecule has 210 valence electrons. The van der Waals surface area contributed by atoms with Gasteiger partial charge < -0.3 is 15.3 Å². The van der Waals surface area contributed by atoms with E-state index in [0.29, 0.717) is 18.4 Å². The molecule has 0 spiro atoms. The molecule has 0 radical (unpaired) electrons. The largest absolute Gasteiger partial charge is 0.511 e. The molecule has 2 N–H and O–H groups in total. The second-order valence-electron chi connectivity index (χ2n) is 11.5. The standard InChI is InChI=1S/C28H28FN3O6S2/c29-19-8-3-15(4-9-19)14-32-25-18-6-5-17(12-18)23(25)26(33)24(28(32)34)27-30-20-10-7-16(13-22(20)40(37,38)31-27)21-2-1-11-39(21,35)36/h3-4,7-10,13,17-18,21,23,25,33H,1-2,5-6,11-12,14H2,(H,30,31)/t17-,18-,21?,23+,25-/m0/s1. The van der Waals surface area contributed by atoms with Gasteiger partial charge in [0.25, 0.3) is 15.9 Å². The summed E-state index contributed by atoms with van der Waals surface area (Å²) in [5.74, 6) is -1.20. The van der Waals surface area contributed by atoms with E-state index in [0.717, 1.165) is 24.8 Å². The number of rotatable bonds is 4. The Kier molecular flexibility index (Phi) is 5.70. The summed E-state index contributed by atoms with van der Waals surface area (Å²) in [6.07, 6.45) is 3.67. The molecule has 3 aliphatic heterocycles. The maximum atomic E-state index is 14.0. The first-order valence-electron chi connectivity index (χ1n) is 13.5. The van der Waals surface area contributed by atoms with Crippen LogP contribution in [0.5, 0.6) is 0 Å². The molecule has 2 bridgehead atoms. The molecule has 1 saturated heterocycles. The molecule has 1 amide bonds. The lowest BCUT2D eigenvalue weighted by atomic mass is 9.77. The van der Waals surface area contributed by atoms with Crippen LogP contribution in [-0.2, 0) is 31.2 Å². The van der Waals surface area contributed by atoms with Crippen LogP contribution in [0, 0.1) is 23.6 Å². The summed E-state index contributed by atoms with van der Waals surface area (Å²) in [5, 5.41) is 13.6. The Labute approximate surface area is 231 Å². The van der Waals surface area contributed by atoms with Gasteiger partial charge in [0.05, 0.1) is 16.7 Å². The van der Waals surface area contributed by atoms with Gasteiger partial charge in [0.1, 0.15) is 22.0 Å². The molecule has 5 aliphatic rings. The van der Waals surface area contributed by atoms with Crippen LogP contribution < -0.4 is 5.32 Å². The van der Waals surface area contributed by atoms with Gasteiger partial charge in [-0.15, -0.1) is 4.40 Å². The summed E-state index contributed by atoms with van der Waals surface area (Å²) >= 11 is 0. The molecule has 2 aromatic carbocycles. The van der Waals surface area contributed by atoms with E-state index in [-0.39, 0.29) is 69.7 Å². The first-order valence-corrected chi connectivity index (χ1v) is 16.7. The Bertz CT molecular complexity index is 1720. The van der Waals surface area contributed by atoms with Gasteiger partial charge in [0.15, 0.2) is 15.7 Å². The van der Waals surface area contributed by atoms with Crippen LogP contribution in [0.15, 0.2) is 63.1 Å². The Morgan fingerprint density at radius 3 is 2.50 bits per heavy atom. The van der Waals surface area contributed by atoms with Gasteiger partial charge in [-0.25, -0.2) is 12.8 Å². The number of hydrogen-bond acceptors (Lipinski definition) is 7. The van der Waals surface area contributed by atoms with E-state index in [1.165, 1.54) is 24.3 Å². The van der Waals surface area contributed by atoms with E-state index in [1.54, 1.807) is 23.1 Å². The average Bonchev–Trinajstić information content (AvgIpc) is 3.62. The molecule has 2 aliphatic carbocycles. The maximum absolute atomic E-state index is 14.0. The molecule has 2 saturated carbocycles. The fourth-order valence-electron chi connectivity index (χ4n) is 7.49. The molecule has 1 unspecified atom stereocenters. The van der Waals surface area contributed by atoms with E-state index >= 15 is 0 Å². The summed E-state index contributed by atoms with van der Waals surface area (Å²) in [5.41, 5.74) is 1.11. The van der Waals surface area contributed by atoms with Crippen molar-refractivity contribution >= 4 is 37.3 Å². The molecule has 12 heteroatoms. The van der Waals surface area contributed by atoms with Crippen LogP contribution in [0.3, 0.4) is 0 Å². The minimum atomic E-state index is -4.32. The van der Waals surface area contributed by atoms with E-state index in [4.69, 9.17) is 0 Å². The number of amides is 1. The number of nitrogens with zero attached hydrogens (tertiary/aromatic N) is 2. The zero-order valence-electron chi connectivity index (χ0n) is 21.5.